The van der Waals surface area contributed by atoms with Crippen LogP contribution in [0.4, 0.5) is 5.82 Å². The summed E-state index contributed by atoms with van der Waals surface area (Å²) >= 11 is 0. The maximum Gasteiger partial charge on any atom is 0.251 e. The van der Waals surface area contributed by atoms with E-state index in [4.69, 9.17) is 5.84 Å². The Morgan fingerprint density at radius 1 is 1.38 bits per heavy atom. The van der Waals surface area contributed by atoms with Gasteiger partial charge in [-0.2, -0.15) is 0 Å². The number of anilines is 1. The van der Waals surface area contributed by atoms with Gasteiger partial charge in [-0.3, -0.25) is 4.79 Å². The molecule has 5 heteroatoms. The van der Waals surface area contributed by atoms with Gasteiger partial charge in [0.05, 0.1) is 0 Å². The minimum Gasteiger partial charge on any atom is -0.349 e. The highest BCUT2D eigenvalue weighted by atomic mass is 16.1. The molecule has 0 aromatic carbocycles. The largest absolute Gasteiger partial charge is 0.349 e. The molecule has 0 spiro atoms. The lowest BCUT2D eigenvalue weighted by atomic mass is 9.95. The number of rotatable bonds is 5. The smallest absolute Gasteiger partial charge is 0.251 e. The standard InChI is InChI=1S/C16H24N4O/c1-2-3-13-8-12(9-15(18-13)20-17)16(21)19-14-7-10-4-5-11(14)6-10/h8-11,14H,2-7,17H2,1H3,(H,18,20)(H,19,21). The van der Waals surface area contributed by atoms with Crippen molar-refractivity contribution in [1.82, 2.24) is 10.3 Å². The lowest BCUT2D eigenvalue weighted by Crippen LogP contribution is -2.38. The summed E-state index contributed by atoms with van der Waals surface area (Å²) in [5, 5.41) is 3.21. The van der Waals surface area contributed by atoms with E-state index in [1.54, 1.807) is 6.07 Å². The number of aromatic nitrogens is 1. The fourth-order valence-electron chi connectivity index (χ4n) is 3.85. The molecule has 0 radical (unpaired) electrons. The summed E-state index contributed by atoms with van der Waals surface area (Å²) in [5.41, 5.74) is 4.12. The van der Waals surface area contributed by atoms with Crippen molar-refractivity contribution in [2.45, 2.75) is 51.5 Å². The van der Waals surface area contributed by atoms with Crippen LogP contribution in [0.5, 0.6) is 0 Å². The van der Waals surface area contributed by atoms with Gasteiger partial charge in [0.25, 0.3) is 5.91 Å². The second kappa shape index (κ2) is 6.02. The number of hydrogen-bond donors (Lipinski definition) is 3. The molecule has 1 aromatic rings. The molecule has 3 unspecified atom stereocenters. The van der Waals surface area contributed by atoms with Crippen LogP contribution in [0.25, 0.3) is 0 Å². The number of nitrogen functional groups attached to an aromatic ring is 1. The molecule has 114 valence electrons. The van der Waals surface area contributed by atoms with E-state index in [2.05, 4.69) is 22.7 Å². The fourth-order valence-corrected chi connectivity index (χ4v) is 3.85. The first kappa shape index (κ1) is 14.3. The highest BCUT2D eigenvalue weighted by Crippen LogP contribution is 2.44. The summed E-state index contributed by atoms with van der Waals surface area (Å²) < 4.78 is 0. The van der Waals surface area contributed by atoms with Gasteiger partial charge < -0.3 is 10.7 Å². The number of hydrazine groups is 1. The monoisotopic (exact) mass is 288 g/mol. The van der Waals surface area contributed by atoms with Crippen LogP contribution in [0.2, 0.25) is 0 Å². The SMILES string of the molecule is CCCc1cc(C(=O)NC2CC3CCC2C3)cc(NN)n1. The van der Waals surface area contributed by atoms with Crippen molar-refractivity contribution in [3.8, 4) is 0 Å². The molecule has 0 saturated heterocycles. The first-order valence-electron chi connectivity index (χ1n) is 7.98. The fraction of sp³-hybridized carbons (Fsp3) is 0.625. The number of pyridine rings is 1. The van der Waals surface area contributed by atoms with Gasteiger partial charge in [-0.15, -0.1) is 0 Å². The number of nitrogens with two attached hydrogens (primary N) is 1. The molecule has 0 aliphatic heterocycles. The molecule has 21 heavy (non-hydrogen) atoms. The summed E-state index contributed by atoms with van der Waals surface area (Å²) in [7, 11) is 0. The topological polar surface area (TPSA) is 80.0 Å². The zero-order valence-electron chi connectivity index (χ0n) is 12.6. The van der Waals surface area contributed by atoms with Crippen LogP contribution in [-0.2, 0) is 6.42 Å². The first-order chi connectivity index (χ1) is 10.2. The Balaban J connectivity index is 1.72. The molecule has 4 N–H and O–H groups in total. The van der Waals surface area contributed by atoms with Crippen LogP contribution in [0.15, 0.2) is 12.1 Å². The molecular formula is C16H24N4O. The molecule has 1 aromatic heterocycles. The highest BCUT2D eigenvalue weighted by molar-refractivity contribution is 5.95. The van der Waals surface area contributed by atoms with E-state index < -0.39 is 0 Å². The van der Waals surface area contributed by atoms with E-state index in [1.165, 1.54) is 19.3 Å². The third kappa shape index (κ3) is 3.02. The maximum atomic E-state index is 12.5. The highest BCUT2D eigenvalue weighted by Gasteiger charge is 2.40. The summed E-state index contributed by atoms with van der Waals surface area (Å²) in [6, 6.07) is 3.96. The van der Waals surface area contributed by atoms with E-state index in [-0.39, 0.29) is 5.91 Å². The Morgan fingerprint density at radius 2 is 2.24 bits per heavy atom. The van der Waals surface area contributed by atoms with Crippen LogP contribution in [0.3, 0.4) is 0 Å². The molecule has 1 heterocycles. The van der Waals surface area contributed by atoms with Crippen molar-refractivity contribution < 1.29 is 4.79 Å². The van der Waals surface area contributed by atoms with Gasteiger partial charge in [-0.1, -0.05) is 19.8 Å². The third-order valence-electron chi connectivity index (χ3n) is 4.85. The van der Waals surface area contributed by atoms with Gasteiger partial charge in [0.15, 0.2) is 0 Å². The number of aryl methyl sites for hydroxylation is 1. The Bertz CT molecular complexity index is 531. The number of nitrogens with zero attached hydrogens (tertiary/aromatic N) is 1. The minimum atomic E-state index is 0.00352. The third-order valence-corrected chi connectivity index (χ3v) is 4.85. The van der Waals surface area contributed by atoms with Crippen molar-refractivity contribution in [2.75, 3.05) is 5.43 Å². The number of amides is 1. The van der Waals surface area contributed by atoms with Gasteiger partial charge in [0.1, 0.15) is 5.82 Å². The molecule has 2 aliphatic carbocycles. The summed E-state index contributed by atoms with van der Waals surface area (Å²) in [6.45, 7) is 2.10. The number of carbonyl (C=O) groups is 1. The van der Waals surface area contributed by atoms with Gasteiger partial charge in [0, 0.05) is 17.3 Å². The van der Waals surface area contributed by atoms with E-state index in [0.717, 1.165) is 30.9 Å². The van der Waals surface area contributed by atoms with Gasteiger partial charge >= 0.3 is 0 Å². The molecule has 2 saturated carbocycles. The van der Waals surface area contributed by atoms with E-state index in [0.29, 0.717) is 23.3 Å². The average molecular weight is 288 g/mol. The average Bonchev–Trinajstić information content (AvgIpc) is 3.09. The predicted molar refractivity (Wildman–Crippen MR) is 82.7 cm³/mol. The Morgan fingerprint density at radius 3 is 2.86 bits per heavy atom. The van der Waals surface area contributed by atoms with Crippen molar-refractivity contribution in [3.05, 3.63) is 23.4 Å². The second-order valence-corrected chi connectivity index (χ2v) is 6.38. The van der Waals surface area contributed by atoms with E-state index >= 15 is 0 Å². The van der Waals surface area contributed by atoms with Gasteiger partial charge in [-0.25, -0.2) is 10.8 Å². The summed E-state index contributed by atoms with van der Waals surface area (Å²) in [5.74, 6) is 7.52. The maximum absolute atomic E-state index is 12.5. The van der Waals surface area contributed by atoms with Crippen molar-refractivity contribution in [3.63, 3.8) is 0 Å². The van der Waals surface area contributed by atoms with Crippen LogP contribution in [0, 0.1) is 11.8 Å². The first-order valence-corrected chi connectivity index (χ1v) is 7.98. The molecular weight excluding hydrogens is 264 g/mol. The zero-order valence-corrected chi connectivity index (χ0v) is 12.6. The Hall–Kier alpha value is -1.62. The van der Waals surface area contributed by atoms with Crippen molar-refractivity contribution in [2.24, 2.45) is 17.7 Å². The van der Waals surface area contributed by atoms with Crippen LogP contribution in [-0.4, -0.2) is 16.9 Å². The lowest BCUT2D eigenvalue weighted by Gasteiger charge is -2.23. The lowest BCUT2D eigenvalue weighted by molar-refractivity contribution is 0.0922. The zero-order chi connectivity index (χ0) is 14.8. The quantitative estimate of drug-likeness (QED) is 0.573. The van der Waals surface area contributed by atoms with Crippen LogP contribution in [0.1, 0.15) is 55.1 Å². The van der Waals surface area contributed by atoms with Crippen LogP contribution >= 0.6 is 0 Å². The second-order valence-electron chi connectivity index (χ2n) is 6.38. The number of nitrogens with one attached hydrogen (secondary N) is 2. The van der Waals surface area contributed by atoms with Crippen LogP contribution < -0.4 is 16.6 Å². The molecule has 2 aliphatic rings. The minimum absolute atomic E-state index is 0.00352. The van der Waals surface area contributed by atoms with Crippen molar-refractivity contribution >= 4 is 11.7 Å². The summed E-state index contributed by atoms with van der Waals surface area (Å²) in [6.07, 6.45) is 6.89. The number of hydrogen-bond acceptors (Lipinski definition) is 4. The van der Waals surface area contributed by atoms with Gasteiger partial charge in [-0.05, 0) is 49.7 Å². The molecule has 5 nitrogen and oxygen atoms in total. The van der Waals surface area contributed by atoms with Gasteiger partial charge in [0.2, 0.25) is 0 Å². The molecule has 2 bridgehead atoms. The molecule has 3 rings (SSSR count). The Kier molecular flexibility index (Phi) is 4.10. The van der Waals surface area contributed by atoms with E-state index in [9.17, 15) is 4.79 Å². The Labute approximate surface area is 125 Å². The normalized spacial score (nSPS) is 26.9. The van der Waals surface area contributed by atoms with E-state index in [1.807, 2.05) is 6.07 Å². The molecule has 2 fully saturated rings. The molecule has 1 amide bonds. The summed E-state index contributed by atoms with van der Waals surface area (Å²) in [4.78, 5) is 16.9. The molecule has 3 atom stereocenters. The number of carbonyl (C=O) groups excluding carboxylic acids is 1. The predicted octanol–water partition coefficient (Wildman–Crippen LogP) is 2.24. The number of fused-ring (bicyclic) bond motifs is 2. The van der Waals surface area contributed by atoms with Crippen molar-refractivity contribution in [1.29, 1.82) is 0 Å².